The number of hydrogen-bond donors (Lipinski definition) is 1. The van der Waals surface area contributed by atoms with Crippen molar-refractivity contribution in [2.24, 2.45) is 0 Å². The molecule has 0 fully saturated rings. The Balaban J connectivity index is 2.30. The molecule has 1 aliphatic carbocycles. The van der Waals surface area contributed by atoms with Gasteiger partial charge in [0.2, 0.25) is 0 Å². The number of allylic oxidation sites excluding steroid dienone is 8. The molecular weight excluding hydrogens is 348 g/mol. The summed E-state index contributed by atoms with van der Waals surface area (Å²) >= 11 is 0. The van der Waals surface area contributed by atoms with Crippen LogP contribution in [-0.4, -0.2) is 9.55 Å². The highest BCUT2D eigenvalue weighted by Crippen LogP contribution is 2.25. The van der Waals surface area contributed by atoms with E-state index in [1.165, 1.54) is 6.07 Å². The van der Waals surface area contributed by atoms with Crippen LogP contribution in [-0.2, 0) is 0 Å². The van der Waals surface area contributed by atoms with E-state index < -0.39 is 0 Å². The van der Waals surface area contributed by atoms with Crippen molar-refractivity contribution >= 4 is 22.4 Å². The van der Waals surface area contributed by atoms with Crippen LogP contribution in [0.3, 0.4) is 0 Å². The van der Waals surface area contributed by atoms with E-state index in [4.69, 9.17) is 5.26 Å². The van der Waals surface area contributed by atoms with E-state index in [2.05, 4.69) is 36.0 Å². The standard InChI is InChI=1S/C23H22N4O/c1-3-5-12-19(9-4-2)27-21-16-25-18(15-24)13-20(21)22(28)14-23(27)26-17-10-7-6-8-11-17/h4-5,7,9-14,16,26H,2-3,6,8H2,1H3/b12-5-,19-9+. The summed E-state index contributed by atoms with van der Waals surface area (Å²) in [5, 5.41) is 13.0. The molecule has 140 valence electrons. The SMILES string of the molecule is C=C/C=C(\C=C/CC)n1c(NC2=CCCC=C2)cc(=O)c2cc(C#N)ncc21. The molecule has 2 heterocycles. The molecule has 2 aromatic rings. The summed E-state index contributed by atoms with van der Waals surface area (Å²) in [7, 11) is 0. The summed E-state index contributed by atoms with van der Waals surface area (Å²) < 4.78 is 1.93. The van der Waals surface area contributed by atoms with Gasteiger partial charge in [-0.15, -0.1) is 0 Å². The highest BCUT2D eigenvalue weighted by Gasteiger charge is 2.13. The van der Waals surface area contributed by atoms with Gasteiger partial charge >= 0.3 is 0 Å². The number of fused-ring (bicyclic) bond motifs is 1. The predicted molar refractivity (Wildman–Crippen MR) is 115 cm³/mol. The van der Waals surface area contributed by atoms with Crippen LogP contribution in [0.5, 0.6) is 0 Å². The number of anilines is 1. The fourth-order valence-electron chi connectivity index (χ4n) is 3.07. The van der Waals surface area contributed by atoms with Crippen molar-refractivity contribution in [3.63, 3.8) is 0 Å². The Hall–Kier alpha value is -3.65. The molecule has 0 atom stereocenters. The second-order valence-electron chi connectivity index (χ2n) is 6.33. The van der Waals surface area contributed by atoms with Crippen LogP contribution in [0.2, 0.25) is 0 Å². The zero-order valence-corrected chi connectivity index (χ0v) is 15.9. The lowest BCUT2D eigenvalue weighted by Crippen LogP contribution is -2.15. The summed E-state index contributed by atoms with van der Waals surface area (Å²) in [4.78, 5) is 17.0. The van der Waals surface area contributed by atoms with Crippen LogP contribution in [0.25, 0.3) is 16.6 Å². The number of nitrogens with zero attached hydrogens (tertiary/aromatic N) is 3. The van der Waals surface area contributed by atoms with E-state index in [0.717, 1.165) is 30.7 Å². The fourth-order valence-corrected chi connectivity index (χ4v) is 3.07. The minimum absolute atomic E-state index is 0.162. The van der Waals surface area contributed by atoms with Gasteiger partial charge in [-0.1, -0.05) is 37.8 Å². The third kappa shape index (κ3) is 4.02. The fraction of sp³-hybridized carbons (Fsp3) is 0.174. The summed E-state index contributed by atoms with van der Waals surface area (Å²) in [6.07, 6.45) is 18.2. The monoisotopic (exact) mass is 370 g/mol. The molecule has 0 amide bonds. The molecule has 1 aliphatic rings. The van der Waals surface area contributed by atoms with Gasteiger partial charge in [-0.25, -0.2) is 4.98 Å². The largest absolute Gasteiger partial charge is 0.342 e. The Morgan fingerprint density at radius 1 is 1.43 bits per heavy atom. The molecule has 3 rings (SSSR count). The van der Waals surface area contributed by atoms with Gasteiger partial charge in [0.1, 0.15) is 17.6 Å². The Bertz CT molecular complexity index is 1120. The van der Waals surface area contributed by atoms with Gasteiger partial charge in [0.05, 0.1) is 17.1 Å². The van der Waals surface area contributed by atoms with E-state index in [9.17, 15) is 4.79 Å². The van der Waals surface area contributed by atoms with Crippen molar-refractivity contribution in [1.82, 2.24) is 9.55 Å². The lowest BCUT2D eigenvalue weighted by molar-refractivity contribution is 1.01. The van der Waals surface area contributed by atoms with Crippen molar-refractivity contribution in [2.75, 3.05) is 5.32 Å². The number of nitrogens with one attached hydrogen (secondary N) is 1. The summed E-state index contributed by atoms with van der Waals surface area (Å²) in [5.74, 6) is 0.635. The highest BCUT2D eigenvalue weighted by atomic mass is 16.1. The quantitative estimate of drug-likeness (QED) is 0.734. The molecule has 0 unspecified atom stereocenters. The molecular formula is C23H22N4O. The van der Waals surface area contributed by atoms with Crippen molar-refractivity contribution in [1.29, 1.82) is 5.26 Å². The van der Waals surface area contributed by atoms with E-state index >= 15 is 0 Å². The van der Waals surface area contributed by atoms with Crippen LogP contribution >= 0.6 is 0 Å². The first-order valence-corrected chi connectivity index (χ1v) is 9.27. The van der Waals surface area contributed by atoms with E-state index in [1.807, 2.05) is 34.9 Å². The molecule has 0 bridgehead atoms. The number of rotatable bonds is 6. The Kier molecular flexibility index (Phi) is 6.03. The Labute approximate surface area is 164 Å². The van der Waals surface area contributed by atoms with Gasteiger partial charge in [-0.2, -0.15) is 5.26 Å². The molecule has 28 heavy (non-hydrogen) atoms. The van der Waals surface area contributed by atoms with E-state index in [0.29, 0.717) is 16.7 Å². The number of hydrogen-bond acceptors (Lipinski definition) is 4. The van der Waals surface area contributed by atoms with E-state index in [-0.39, 0.29) is 11.1 Å². The second-order valence-corrected chi connectivity index (χ2v) is 6.33. The van der Waals surface area contributed by atoms with Crippen LogP contribution < -0.4 is 10.7 Å². The second kappa shape index (κ2) is 8.83. The molecule has 2 aromatic heterocycles. The summed E-state index contributed by atoms with van der Waals surface area (Å²) in [5.41, 5.74) is 2.47. The first-order valence-electron chi connectivity index (χ1n) is 9.27. The average molecular weight is 370 g/mol. The minimum atomic E-state index is -0.162. The van der Waals surface area contributed by atoms with Gasteiger partial charge < -0.3 is 5.32 Å². The van der Waals surface area contributed by atoms with Gasteiger partial charge in [-0.3, -0.25) is 9.36 Å². The van der Waals surface area contributed by atoms with Crippen LogP contribution in [0.1, 0.15) is 31.9 Å². The molecule has 5 nitrogen and oxygen atoms in total. The molecule has 0 saturated carbocycles. The van der Waals surface area contributed by atoms with Gasteiger partial charge in [-0.05, 0) is 43.6 Å². The highest BCUT2D eigenvalue weighted by molar-refractivity contribution is 5.87. The van der Waals surface area contributed by atoms with E-state index in [1.54, 1.807) is 18.3 Å². The Morgan fingerprint density at radius 3 is 2.96 bits per heavy atom. The van der Waals surface area contributed by atoms with Crippen molar-refractivity contribution in [3.05, 3.63) is 89.1 Å². The molecule has 1 N–H and O–H groups in total. The van der Waals surface area contributed by atoms with Crippen LogP contribution in [0.4, 0.5) is 5.82 Å². The van der Waals surface area contributed by atoms with Crippen LogP contribution in [0.15, 0.2) is 77.9 Å². The number of aromatic nitrogens is 2. The topological polar surface area (TPSA) is 70.7 Å². The molecule has 0 radical (unpaired) electrons. The molecule has 0 saturated heterocycles. The maximum Gasteiger partial charge on any atom is 0.191 e. The third-order valence-corrected chi connectivity index (χ3v) is 4.35. The van der Waals surface area contributed by atoms with Crippen molar-refractivity contribution in [2.45, 2.75) is 26.2 Å². The normalized spacial score (nSPS) is 14.1. The molecule has 0 aliphatic heterocycles. The summed E-state index contributed by atoms with van der Waals surface area (Å²) in [6.45, 7) is 5.88. The zero-order chi connectivity index (χ0) is 19.9. The molecule has 0 spiro atoms. The lowest BCUT2D eigenvalue weighted by atomic mass is 10.1. The van der Waals surface area contributed by atoms with Crippen molar-refractivity contribution < 1.29 is 0 Å². The number of pyridine rings is 2. The molecule has 0 aromatic carbocycles. The number of nitriles is 1. The molecule has 5 heteroatoms. The zero-order valence-electron chi connectivity index (χ0n) is 15.9. The maximum atomic E-state index is 12.8. The lowest BCUT2D eigenvalue weighted by Gasteiger charge is -2.20. The van der Waals surface area contributed by atoms with Crippen molar-refractivity contribution in [3.8, 4) is 6.07 Å². The van der Waals surface area contributed by atoms with Crippen LogP contribution in [0, 0.1) is 11.3 Å². The van der Waals surface area contributed by atoms with Gasteiger partial charge in [0.15, 0.2) is 5.43 Å². The summed E-state index contributed by atoms with van der Waals surface area (Å²) in [6, 6.07) is 5.09. The first kappa shape index (κ1) is 19.1. The van der Waals surface area contributed by atoms with Gasteiger partial charge in [0.25, 0.3) is 0 Å². The third-order valence-electron chi connectivity index (χ3n) is 4.35. The first-order chi connectivity index (χ1) is 13.7. The Morgan fingerprint density at radius 2 is 2.29 bits per heavy atom. The minimum Gasteiger partial charge on any atom is -0.342 e. The smallest absolute Gasteiger partial charge is 0.191 e. The van der Waals surface area contributed by atoms with Gasteiger partial charge in [0, 0.05) is 17.5 Å². The predicted octanol–water partition coefficient (Wildman–Crippen LogP) is 4.91. The average Bonchev–Trinajstić information content (AvgIpc) is 2.72. The maximum absolute atomic E-state index is 12.8.